The first-order valence-corrected chi connectivity index (χ1v) is 7.67. The van der Waals surface area contributed by atoms with Gasteiger partial charge in [-0.25, -0.2) is 4.79 Å². The Hall–Kier alpha value is -3.07. The molecule has 0 spiro atoms. The molecule has 9 heteroatoms. The van der Waals surface area contributed by atoms with E-state index >= 15 is 0 Å². The van der Waals surface area contributed by atoms with Crippen molar-refractivity contribution < 1.29 is 37.0 Å². The van der Waals surface area contributed by atoms with E-state index in [1.54, 1.807) is 31.4 Å². The maximum absolute atomic E-state index is 12.1. The van der Waals surface area contributed by atoms with Crippen molar-refractivity contribution in [3.05, 3.63) is 59.7 Å². The van der Waals surface area contributed by atoms with E-state index in [9.17, 15) is 22.8 Å². The van der Waals surface area contributed by atoms with Gasteiger partial charge in [-0.1, -0.05) is 12.1 Å². The lowest BCUT2D eigenvalue weighted by Gasteiger charge is -2.10. The molecule has 0 aliphatic heterocycles. The van der Waals surface area contributed by atoms with Crippen molar-refractivity contribution in [2.45, 2.75) is 13.0 Å². The molecule has 2 aromatic carbocycles. The number of hydrogen-bond donors (Lipinski definition) is 1. The summed E-state index contributed by atoms with van der Waals surface area (Å²) in [7, 11) is 1.55. The zero-order chi connectivity index (χ0) is 19.9. The smallest absolute Gasteiger partial charge is 0.452 e. The first kappa shape index (κ1) is 20.2. The van der Waals surface area contributed by atoms with Gasteiger partial charge in [0, 0.05) is 12.8 Å². The molecule has 0 heterocycles. The number of methoxy groups -OCH3 is 1. The highest BCUT2D eigenvalue weighted by Crippen LogP contribution is 2.23. The number of alkyl halides is 3. The van der Waals surface area contributed by atoms with E-state index in [1.165, 1.54) is 12.1 Å². The molecule has 1 amide bonds. The topological polar surface area (TPSA) is 73.9 Å². The summed E-state index contributed by atoms with van der Waals surface area (Å²) < 4.78 is 49.8. The van der Waals surface area contributed by atoms with Gasteiger partial charge < -0.3 is 19.5 Å². The first-order valence-electron chi connectivity index (χ1n) is 7.67. The summed E-state index contributed by atoms with van der Waals surface area (Å²) in [4.78, 5) is 23.7. The van der Waals surface area contributed by atoms with Crippen molar-refractivity contribution in [2.75, 3.05) is 19.0 Å². The number of amides is 1. The van der Waals surface area contributed by atoms with Gasteiger partial charge in [-0.2, -0.15) is 0 Å². The second-order valence-corrected chi connectivity index (χ2v) is 5.33. The summed E-state index contributed by atoms with van der Waals surface area (Å²) in [6, 6.07) is 11.1. The van der Waals surface area contributed by atoms with Crippen LogP contribution in [0.4, 0.5) is 18.9 Å². The van der Waals surface area contributed by atoms with Crippen LogP contribution in [0.1, 0.15) is 15.9 Å². The van der Waals surface area contributed by atoms with Crippen molar-refractivity contribution >= 4 is 17.6 Å². The molecule has 0 atom stereocenters. The summed E-state index contributed by atoms with van der Waals surface area (Å²) >= 11 is 0. The maximum Gasteiger partial charge on any atom is 0.573 e. The number of carbonyl (C=O) groups is 2. The molecule has 2 rings (SSSR count). The number of ether oxygens (including phenoxy) is 3. The van der Waals surface area contributed by atoms with Gasteiger partial charge >= 0.3 is 12.3 Å². The maximum atomic E-state index is 12.1. The molecule has 0 radical (unpaired) electrons. The quantitative estimate of drug-likeness (QED) is 0.741. The van der Waals surface area contributed by atoms with Crippen molar-refractivity contribution in [2.24, 2.45) is 0 Å². The Morgan fingerprint density at radius 2 is 1.63 bits per heavy atom. The SMILES string of the molecule is COCc1ccc(C(=O)OCC(=O)Nc2ccc(OC(F)(F)F)cc2)cc1. The summed E-state index contributed by atoms with van der Waals surface area (Å²) in [5.41, 5.74) is 1.38. The molecule has 0 saturated carbocycles. The Bertz CT molecular complexity index is 773. The second-order valence-electron chi connectivity index (χ2n) is 5.33. The van der Waals surface area contributed by atoms with Gasteiger partial charge in [0.05, 0.1) is 12.2 Å². The van der Waals surface area contributed by atoms with Gasteiger partial charge in [-0.3, -0.25) is 4.79 Å². The summed E-state index contributed by atoms with van der Waals surface area (Å²) in [6.07, 6.45) is -4.79. The van der Waals surface area contributed by atoms with Gasteiger partial charge in [0.15, 0.2) is 6.61 Å². The van der Waals surface area contributed by atoms with Crippen LogP contribution in [0.25, 0.3) is 0 Å². The van der Waals surface area contributed by atoms with Crippen LogP contribution in [0.2, 0.25) is 0 Å². The molecule has 0 bridgehead atoms. The van der Waals surface area contributed by atoms with Gasteiger partial charge in [0.2, 0.25) is 0 Å². The predicted octanol–water partition coefficient (Wildman–Crippen LogP) is 3.53. The van der Waals surface area contributed by atoms with Gasteiger partial charge in [0.25, 0.3) is 5.91 Å². The number of nitrogens with one attached hydrogen (secondary N) is 1. The number of rotatable bonds is 7. The fourth-order valence-corrected chi connectivity index (χ4v) is 2.06. The normalized spacial score (nSPS) is 11.0. The Morgan fingerprint density at radius 3 is 2.19 bits per heavy atom. The predicted molar refractivity (Wildman–Crippen MR) is 89.2 cm³/mol. The van der Waals surface area contributed by atoms with E-state index < -0.39 is 30.6 Å². The van der Waals surface area contributed by atoms with E-state index in [2.05, 4.69) is 10.1 Å². The molecule has 0 unspecified atom stereocenters. The Labute approximate surface area is 152 Å². The highest BCUT2D eigenvalue weighted by molar-refractivity contribution is 5.95. The van der Waals surface area contributed by atoms with E-state index in [4.69, 9.17) is 9.47 Å². The average Bonchev–Trinajstić information content (AvgIpc) is 2.61. The average molecular weight is 383 g/mol. The molecule has 0 aromatic heterocycles. The number of carbonyl (C=O) groups excluding carboxylic acids is 2. The van der Waals surface area contributed by atoms with Crippen LogP contribution in [0, 0.1) is 0 Å². The van der Waals surface area contributed by atoms with Crippen molar-refractivity contribution in [1.29, 1.82) is 0 Å². The van der Waals surface area contributed by atoms with Crippen LogP contribution >= 0.6 is 0 Å². The zero-order valence-corrected chi connectivity index (χ0v) is 14.2. The molecule has 1 N–H and O–H groups in total. The Kier molecular flexibility index (Phi) is 6.78. The second kappa shape index (κ2) is 9.04. The summed E-state index contributed by atoms with van der Waals surface area (Å²) in [6.45, 7) is -0.135. The Morgan fingerprint density at radius 1 is 1.00 bits per heavy atom. The molecular formula is C18H16F3NO5. The fraction of sp³-hybridized carbons (Fsp3) is 0.222. The lowest BCUT2D eigenvalue weighted by atomic mass is 10.1. The number of anilines is 1. The minimum Gasteiger partial charge on any atom is -0.452 e. The third-order valence-corrected chi connectivity index (χ3v) is 3.21. The van der Waals surface area contributed by atoms with Crippen LogP contribution in [0.15, 0.2) is 48.5 Å². The fourth-order valence-electron chi connectivity index (χ4n) is 2.06. The van der Waals surface area contributed by atoms with E-state index in [1.807, 2.05) is 0 Å². The minimum atomic E-state index is -4.79. The van der Waals surface area contributed by atoms with Crippen molar-refractivity contribution in [3.8, 4) is 5.75 Å². The lowest BCUT2D eigenvalue weighted by Crippen LogP contribution is -2.21. The van der Waals surface area contributed by atoms with Crippen LogP contribution in [-0.2, 0) is 20.9 Å². The molecule has 0 saturated heterocycles. The van der Waals surface area contributed by atoms with Gasteiger partial charge in [-0.05, 0) is 42.0 Å². The Balaban J connectivity index is 1.82. The summed E-state index contributed by atoms with van der Waals surface area (Å²) in [5.74, 6) is -1.73. The minimum absolute atomic E-state index is 0.231. The van der Waals surface area contributed by atoms with E-state index in [0.717, 1.165) is 17.7 Å². The highest BCUT2D eigenvalue weighted by Gasteiger charge is 2.30. The van der Waals surface area contributed by atoms with Crippen LogP contribution in [0.3, 0.4) is 0 Å². The largest absolute Gasteiger partial charge is 0.573 e. The molecular weight excluding hydrogens is 367 g/mol. The molecule has 6 nitrogen and oxygen atoms in total. The number of halogens is 3. The van der Waals surface area contributed by atoms with Crippen molar-refractivity contribution in [3.63, 3.8) is 0 Å². The van der Waals surface area contributed by atoms with Crippen LogP contribution in [-0.4, -0.2) is 32.0 Å². The van der Waals surface area contributed by atoms with E-state index in [0.29, 0.717) is 6.61 Å². The standard InChI is InChI=1S/C18H16F3NO5/c1-25-10-12-2-4-13(5-3-12)17(24)26-11-16(23)22-14-6-8-15(9-7-14)27-18(19,20)21/h2-9H,10-11H2,1H3,(H,22,23). The molecule has 27 heavy (non-hydrogen) atoms. The molecule has 0 aliphatic rings. The first-order chi connectivity index (χ1) is 12.8. The van der Waals surface area contributed by atoms with Gasteiger partial charge in [0.1, 0.15) is 5.75 Å². The molecule has 2 aromatic rings. The van der Waals surface area contributed by atoms with E-state index in [-0.39, 0.29) is 11.3 Å². The van der Waals surface area contributed by atoms with Crippen molar-refractivity contribution in [1.82, 2.24) is 0 Å². The molecule has 0 fully saturated rings. The molecule has 144 valence electrons. The van der Waals surface area contributed by atoms with Crippen LogP contribution in [0.5, 0.6) is 5.75 Å². The zero-order valence-electron chi connectivity index (χ0n) is 14.2. The number of esters is 1. The number of benzene rings is 2. The summed E-state index contributed by atoms with van der Waals surface area (Å²) in [5, 5.41) is 2.40. The highest BCUT2D eigenvalue weighted by atomic mass is 19.4. The lowest BCUT2D eigenvalue weighted by molar-refractivity contribution is -0.274. The molecule has 0 aliphatic carbocycles. The third kappa shape index (κ3) is 6.98. The van der Waals surface area contributed by atoms with Gasteiger partial charge in [-0.15, -0.1) is 13.2 Å². The monoisotopic (exact) mass is 383 g/mol. The van der Waals surface area contributed by atoms with Crippen LogP contribution < -0.4 is 10.1 Å². The third-order valence-electron chi connectivity index (χ3n) is 3.21. The number of hydrogen-bond acceptors (Lipinski definition) is 5.